The van der Waals surface area contributed by atoms with Crippen LogP contribution in [0.5, 0.6) is 0 Å². The molecule has 1 saturated carbocycles. The zero-order valence-electron chi connectivity index (χ0n) is 11.7. The van der Waals surface area contributed by atoms with E-state index in [1.807, 2.05) is 6.92 Å². The topological polar surface area (TPSA) is 21.3 Å². The summed E-state index contributed by atoms with van der Waals surface area (Å²) in [4.78, 5) is 0. The Hall–Kier alpha value is -0.220. The van der Waals surface area contributed by atoms with Gasteiger partial charge < -0.3 is 10.1 Å². The lowest BCUT2D eigenvalue weighted by Crippen LogP contribution is -2.46. The van der Waals surface area contributed by atoms with Crippen LogP contribution in [0.25, 0.3) is 0 Å². The number of hydrogen-bond donors (Lipinski definition) is 1. The first-order valence-corrected chi connectivity index (χ1v) is 7.24. The number of hydrogen-bond acceptors (Lipinski definition) is 2. The summed E-state index contributed by atoms with van der Waals surface area (Å²) in [7, 11) is 0. The van der Waals surface area contributed by atoms with Crippen molar-refractivity contribution in [1.29, 1.82) is 0 Å². The standard InChI is InChI=1S/C14H27F2NO/c1-3-5-12-6-8-14(9-7-12,11-17-4-2)18-10-13(15)16/h12-13,17H,3-11H2,1-2H3. The quantitative estimate of drug-likeness (QED) is 0.722. The minimum Gasteiger partial charge on any atom is -0.368 e. The fourth-order valence-corrected chi connectivity index (χ4v) is 2.87. The van der Waals surface area contributed by atoms with E-state index >= 15 is 0 Å². The molecule has 0 aromatic rings. The van der Waals surface area contributed by atoms with Gasteiger partial charge in [0.2, 0.25) is 0 Å². The highest BCUT2D eigenvalue weighted by Crippen LogP contribution is 2.36. The van der Waals surface area contributed by atoms with Crippen LogP contribution in [0.4, 0.5) is 8.78 Å². The highest BCUT2D eigenvalue weighted by molar-refractivity contribution is 4.89. The second-order valence-electron chi connectivity index (χ2n) is 5.40. The summed E-state index contributed by atoms with van der Waals surface area (Å²) in [6.07, 6.45) is 4.16. The van der Waals surface area contributed by atoms with Gasteiger partial charge in [-0.15, -0.1) is 0 Å². The van der Waals surface area contributed by atoms with Gasteiger partial charge in [-0.2, -0.15) is 0 Å². The van der Waals surface area contributed by atoms with Gasteiger partial charge in [-0.1, -0.05) is 26.7 Å². The van der Waals surface area contributed by atoms with Crippen LogP contribution in [-0.4, -0.2) is 31.7 Å². The van der Waals surface area contributed by atoms with Crippen LogP contribution in [0.1, 0.15) is 52.4 Å². The molecule has 2 nitrogen and oxygen atoms in total. The van der Waals surface area contributed by atoms with E-state index in [4.69, 9.17) is 4.74 Å². The van der Waals surface area contributed by atoms with Gasteiger partial charge >= 0.3 is 0 Å². The first kappa shape index (κ1) is 15.8. The molecule has 0 heterocycles. The predicted octanol–water partition coefficient (Wildman–Crippen LogP) is 3.61. The molecule has 1 rings (SSSR count). The molecule has 1 N–H and O–H groups in total. The highest BCUT2D eigenvalue weighted by Gasteiger charge is 2.36. The smallest absolute Gasteiger partial charge is 0.261 e. The average Bonchev–Trinajstić information content (AvgIpc) is 2.37. The van der Waals surface area contributed by atoms with Crippen LogP contribution < -0.4 is 5.32 Å². The van der Waals surface area contributed by atoms with E-state index in [-0.39, 0.29) is 5.60 Å². The summed E-state index contributed by atoms with van der Waals surface area (Å²) in [5.74, 6) is 0.764. The van der Waals surface area contributed by atoms with Gasteiger partial charge in [0.05, 0.1) is 5.60 Å². The second kappa shape index (κ2) is 8.05. The van der Waals surface area contributed by atoms with Crippen LogP contribution in [-0.2, 0) is 4.74 Å². The summed E-state index contributed by atoms with van der Waals surface area (Å²) < 4.78 is 30.2. The maximum atomic E-state index is 12.3. The minimum absolute atomic E-state index is 0.351. The molecule has 0 spiro atoms. The molecule has 1 aliphatic rings. The average molecular weight is 263 g/mol. The van der Waals surface area contributed by atoms with Crippen LogP contribution in [0.15, 0.2) is 0 Å². The third-order valence-corrected chi connectivity index (χ3v) is 3.93. The Labute approximate surface area is 109 Å². The third-order valence-electron chi connectivity index (χ3n) is 3.93. The van der Waals surface area contributed by atoms with Gasteiger partial charge in [-0.3, -0.25) is 0 Å². The fourth-order valence-electron chi connectivity index (χ4n) is 2.87. The van der Waals surface area contributed by atoms with E-state index in [9.17, 15) is 8.78 Å². The van der Waals surface area contributed by atoms with Crippen molar-refractivity contribution in [3.63, 3.8) is 0 Å². The fraction of sp³-hybridized carbons (Fsp3) is 1.00. The number of halogens is 2. The summed E-state index contributed by atoms with van der Waals surface area (Å²) in [6.45, 7) is 5.37. The lowest BCUT2D eigenvalue weighted by Gasteiger charge is -2.40. The zero-order chi connectivity index (χ0) is 13.4. The summed E-state index contributed by atoms with van der Waals surface area (Å²) in [5.41, 5.74) is -0.351. The van der Waals surface area contributed by atoms with Crippen molar-refractivity contribution in [2.45, 2.75) is 64.4 Å². The van der Waals surface area contributed by atoms with E-state index in [0.717, 1.165) is 38.1 Å². The summed E-state index contributed by atoms with van der Waals surface area (Å²) in [6, 6.07) is 0. The molecule has 4 heteroatoms. The van der Waals surface area contributed by atoms with Crippen LogP contribution in [0.2, 0.25) is 0 Å². The van der Waals surface area contributed by atoms with Crippen molar-refractivity contribution in [2.75, 3.05) is 19.7 Å². The number of ether oxygens (including phenoxy) is 1. The Morgan fingerprint density at radius 2 is 1.94 bits per heavy atom. The van der Waals surface area contributed by atoms with Crippen molar-refractivity contribution in [3.8, 4) is 0 Å². The van der Waals surface area contributed by atoms with Crippen LogP contribution >= 0.6 is 0 Å². The molecule has 0 radical (unpaired) electrons. The highest BCUT2D eigenvalue weighted by atomic mass is 19.3. The Morgan fingerprint density at radius 3 is 2.44 bits per heavy atom. The molecule has 0 unspecified atom stereocenters. The molecule has 18 heavy (non-hydrogen) atoms. The van der Waals surface area contributed by atoms with E-state index < -0.39 is 13.0 Å². The molecule has 0 bridgehead atoms. The number of rotatable bonds is 8. The molecule has 0 aromatic heterocycles. The lowest BCUT2D eigenvalue weighted by molar-refractivity contribution is -0.111. The minimum atomic E-state index is -2.36. The molecular formula is C14H27F2NO. The Balaban J connectivity index is 2.46. The third kappa shape index (κ3) is 5.19. The van der Waals surface area contributed by atoms with Gasteiger partial charge in [0.15, 0.2) is 0 Å². The van der Waals surface area contributed by atoms with Crippen molar-refractivity contribution in [3.05, 3.63) is 0 Å². The monoisotopic (exact) mass is 263 g/mol. The van der Waals surface area contributed by atoms with Gasteiger partial charge in [0, 0.05) is 6.54 Å². The first-order valence-electron chi connectivity index (χ1n) is 7.24. The molecule has 0 saturated heterocycles. The largest absolute Gasteiger partial charge is 0.368 e. The van der Waals surface area contributed by atoms with Gasteiger partial charge in [0.25, 0.3) is 6.43 Å². The Bertz CT molecular complexity index is 216. The number of nitrogens with one attached hydrogen (secondary N) is 1. The number of alkyl halides is 2. The van der Waals surface area contributed by atoms with Crippen molar-refractivity contribution in [1.82, 2.24) is 5.32 Å². The van der Waals surface area contributed by atoms with Crippen molar-refractivity contribution in [2.24, 2.45) is 5.92 Å². The van der Waals surface area contributed by atoms with Gasteiger partial charge in [-0.05, 0) is 38.1 Å². The SMILES string of the molecule is CCCC1CCC(CNCC)(OCC(F)F)CC1. The first-order chi connectivity index (χ1) is 8.62. The van der Waals surface area contributed by atoms with E-state index in [0.29, 0.717) is 6.54 Å². The Kier molecular flexibility index (Phi) is 7.08. The van der Waals surface area contributed by atoms with Crippen molar-refractivity contribution >= 4 is 0 Å². The lowest BCUT2D eigenvalue weighted by atomic mass is 9.77. The molecule has 1 aliphatic carbocycles. The normalized spacial score (nSPS) is 28.8. The molecule has 0 atom stereocenters. The molecule has 0 aliphatic heterocycles. The second-order valence-corrected chi connectivity index (χ2v) is 5.40. The Morgan fingerprint density at radius 1 is 1.28 bits per heavy atom. The summed E-state index contributed by atoms with van der Waals surface area (Å²) in [5, 5.41) is 3.26. The summed E-state index contributed by atoms with van der Waals surface area (Å²) >= 11 is 0. The maximum Gasteiger partial charge on any atom is 0.261 e. The predicted molar refractivity (Wildman–Crippen MR) is 70.1 cm³/mol. The molecule has 108 valence electrons. The van der Waals surface area contributed by atoms with Crippen molar-refractivity contribution < 1.29 is 13.5 Å². The van der Waals surface area contributed by atoms with E-state index in [1.54, 1.807) is 0 Å². The van der Waals surface area contributed by atoms with E-state index in [2.05, 4.69) is 12.2 Å². The molecule has 1 fully saturated rings. The maximum absolute atomic E-state index is 12.3. The molecule has 0 aromatic carbocycles. The van der Waals surface area contributed by atoms with E-state index in [1.165, 1.54) is 12.8 Å². The van der Waals surface area contributed by atoms with Gasteiger partial charge in [-0.25, -0.2) is 8.78 Å². The van der Waals surface area contributed by atoms with Crippen LogP contribution in [0.3, 0.4) is 0 Å². The van der Waals surface area contributed by atoms with Gasteiger partial charge in [0.1, 0.15) is 6.61 Å². The molecule has 0 amide bonds. The number of likely N-dealkylation sites (N-methyl/N-ethyl adjacent to an activating group) is 1. The molecular weight excluding hydrogens is 236 g/mol. The zero-order valence-corrected chi connectivity index (χ0v) is 11.7. The van der Waals surface area contributed by atoms with Crippen LogP contribution in [0, 0.1) is 5.92 Å².